The van der Waals surface area contributed by atoms with Gasteiger partial charge >= 0.3 is 0 Å². The fourth-order valence-electron chi connectivity index (χ4n) is 1.86. The highest BCUT2D eigenvalue weighted by Crippen LogP contribution is 2.22. The maximum absolute atomic E-state index is 11.9. The molecule has 3 N–H and O–H groups in total. The van der Waals surface area contributed by atoms with Crippen molar-refractivity contribution in [1.82, 2.24) is 5.32 Å². The zero-order valence-electron chi connectivity index (χ0n) is 10.9. The van der Waals surface area contributed by atoms with Crippen LogP contribution >= 0.6 is 15.9 Å². The van der Waals surface area contributed by atoms with Gasteiger partial charge in [0.1, 0.15) is 6.10 Å². The Hall–Kier alpha value is -1.11. The van der Waals surface area contributed by atoms with Crippen LogP contribution < -0.4 is 11.1 Å². The Morgan fingerprint density at radius 1 is 1.58 bits per heavy atom. The van der Waals surface area contributed by atoms with Gasteiger partial charge in [-0.2, -0.15) is 0 Å². The van der Waals surface area contributed by atoms with Crippen molar-refractivity contribution in [2.75, 3.05) is 18.9 Å². The van der Waals surface area contributed by atoms with E-state index in [0.29, 0.717) is 24.4 Å². The summed E-state index contributed by atoms with van der Waals surface area (Å²) in [7, 11) is 0. The summed E-state index contributed by atoms with van der Waals surface area (Å²) >= 11 is 3.29. The normalized spacial score (nSPS) is 21.3. The van der Waals surface area contributed by atoms with Gasteiger partial charge in [-0.15, -0.1) is 0 Å². The molecule has 1 amide bonds. The monoisotopic (exact) mass is 328 g/mol. The average Bonchev–Trinajstić information content (AvgIpc) is 2.69. The van der Waals surface area contributed by atoms with E-state index >= 15 is 0 Å². The third-order valence-corrected chi connectivity index (χ3v) is 3.54. The predicted octanol–water partition coefficient (Wildman–Crippen LogP) is 1.91. The summed E-state index contributed by atoms with van der Waals surface area (Å²) in [5, 5.41) is 2.81. The van der Waals surface area contributed by atoms with Crippen LogP contribution in [0.4, 0.5) is 5.69 Å². The first-order valence-electron chi connectivity index (χ1n) is 6.02. The summed E-state index contributed by atoms with van der Waals surface area (Å²) in [6, 6.07) is 5.10. The number of anilines is 1. The molecular weight excluding hydrogens is 312 g/mol. The largest absolute Gasteiger partial charge is 0.398 e. The number of ether oxygens (including phenoxy) is 2. The number of benzene rings is 1. The molecule has 104 valence electrons. The first-order valence-corrected chi connectivity index (χ1v) is 6.82. The SMILES string of the molecule is CC1(C)OCC(CNC(=O)c2ccc(Br)c(N)c2)O1. The number of amides is 1. The minimum absolute atomic E-state index is 0.119. The highest BCUT2D eigenvalue weighted by atomic mass is 79.9. The highest BCUT2D eigenvalue weighted by Gasteiger charge is 2.32. The molecule has 0 aromatic heterocycles. The molecule has 1 fully saturated rings. The van der Waals surface area contributed by atoms with Gasteiger partial charge in [-0.25, -0.2) is 0 Å². The van der Waals surface area contributed by atoms with E-state index < -0.39 is 5.79 Å². The minimum Gasteiger partial charge on any atom is -0.398 e. The topological polar surface area (TPSA) is 73.6 Å². The van der Waals surface area contributed by atoms with Gasteiger partial charge in [-0.05, 0) is 48.0 Å². The number of carbonyl (C=O) groups is 1. The van der Waals surface area contributed by atoms with Gasteiger partial charge in [0.2, 0.25) is 0 Å². The van der Waals surface area contributed by atoms with Crippen molar-refractivity contribution in [3.8, 4) is 0 Å². The molecule has 1 unspecified atom stereocenters. The Balaban J connectivity index is 1.89. The van der Waals surface area contributed by atoms with E-state index in [-0.39, 0.29) is 12.0 Å². The highest BCUT2D eigenvalue weighted by molar-refractivity contribution is 9.10. The number of carbonyl (C=O) groups excluding carboxylic acids is 1. The van der Waals surface area contributed by atoms with Crippen molar-refractivity contribution in [2.45, 2.75) is 25.7 Å². The van der Waals surface area contributed by atoms with Gasteiger partial charge in [0.05, 0.1) is 6.61 Å². The number of halogens is 1. The lowest BCUT2D eigenvalue weighted by atomic mass is 10.2. The Morgan fingerprint density at radius 2 is 2.32 bits per heavy atom. The zero-order chi connectivity index (χ0) is 14.0. The molecule has 1 aliphatic rings. The summed E-state index contributed by atoms with van der Waals surface area (Å²) in [5.74, 6) is -0.746. The maximum atomic E-state index is 11.9. The number of nitrogens with one attached hydrogen (secondary N) is 1. The second kappa shape index (κ2) is 5.48. The molecule has 1 saturated heterocycles. The fraction of sp³-hybridized carbons (Fsp3) is 0.462. The first kappa shape index (κ1) is 14.3. The molecule has 0 radical (unpaired) electrons. The van der Waals surface area contributed by atoms with E-state index in [0.717, 1.165) is 4.47 Å². The third-order valence-electron chi connectivity index (χ3n) is 2.82. The number of hydrogen-bond acceptors (Lipinski definition) is 4. The van der Waals surface area contributed by atoms with E-state index in [1.54, 1.807) is 18.2 Å². The summed E-state index contributed by atoms with van der Waals surface area (Å²) in [6.07, 6.45) is -0.119. The van der Waals surface area contributed by atoms with Crippen LogP contribution in [0, 0.1) is 0 Å². The van der Waals surface area contributed by atoms with Crippen LogP contribution in [0.25, 0.3) is 0 Å². The fourth-order valence-corrected chi connectivity index (χ4v) is 2.10. The molecule has 0 aliphatic carbocycles. The van der Waals surface area contributed by atoms with Crippen molar-refractivity contribution in [3.05, 3.63) is 28.2 Å². The molecule has 1 atom stereocenters. The Morgan fingerprint density at radius 3 is 2.89 bits per heavy atom. The lowest BCUT2D eigenvalue weighted by Crippen LogP contribution is -2.34. The summed E-state index contributed by atoms with van der Waals surface area (Å²) in [6.45, 7) is 4.60. The van der Waals surface area contributed by atoms with E-state index in [9.17, 15) is 4.79 Å². The number of nitrogen functional groups attached to an aromatic ring is 1. The molecule has 1 aromatic rings. The molecule has 0 saturated carbocycles. The molecule has 5 nitrogen and oxygen atoms in total. The van der Waals surface area contributed by atoms with Gasteiger partial charge < -0.3 is 20.5 Å². The third kappa shape index (κ3) is 3.68. The predicted molar refractivity (Wildman–Crippen MR) is 75.8 cm³/mol. The van der Waals surface area contributed by atoms with Gasteiger partial charge in [0.15, 0.2) is 5.79 Å². The van der Waals surface area contributed by atoms with Crippen molar-refractivity contribution in [3.63, 3.8) is 0 Å². The molecule has 6 heteroatoms. The van der Waals surface area contributed by atoms with E-state index in [1.807, 2.05) is 13.8 Å². The summed E-state index contributed by atoms with van der Waals surface area (Å²) in [5.41, 5.74) is 6.80. The van der Waals surface area contributed by atoms with Gasteiger partial charge in [0, 0.05) is 22.3 Å². The Kier molecular flexibility index (Phi) is 4.13. The molecule has 0 bridgehead atoms. The maximum Gasteiger partial charge on any atom is 0.251 e. The van der Waals surface area contributed by atoms with Gasteiger partial charge in [-0.1, -0.05) is 0 Å². The van der Waals surface area contributed by atoms with Crippen LogP contribution in [0.1, 0.15) is 24.2 Å². The average molecular weight is 329 g/mol. The van der Waals surface area contributed by atoms with Crippen molar-refractivity contribution in [1.29, 1.82) is 0 Å². The van der Waals surface area contributed by atoms with Crippen molar-refractivity contribution < 1.29 is 14.3 Å². The van der Waals surface area contributed by atoms with Crippen LogP contribution in [0.5, 0.6) is 0 Å². The van der Waals surface area contributed by atoms with E-state index in [1.165, 1.54) is 0 Å². The molecule has 1 aliphatic heterocycles. The lowest BCUT2D eigenvalue weighted by molar-refractivity contribution is -0.137. The minimum atomic E-state index is -0.572. The number of rotatable bonds is 3. The first-order chi connectivity index (χ1) is 8.87. The van der Waals surface area contributed by atoms with E-state index in [2.05, 4.69) is 21.2 Å². The zero-order valence-corrected chi connectivity index (χ0v) is 12.5. The second-order valence-corrected chi connectivity index (χ2v) is 5.75. The van der Waals surface area contributed by atoms with E-state index in [4.69, 9.17) is 15.2 Å². The van der Waals surface area contributed by atoms with Gasteiger partial charge in [0.25, 0.3) is 5.91 Å². The summed E-state index contributed by atoms with van der Waals surface area (Å²) < 4.78 is 11.8. The second-order valence-electron chi connectivity index (χ2n) is 4.90. The molecular formula is C13H17BrN2O3. The van der Waals surface area contributed by atoms with Crippen molar-refractivity contribution >= 4 is 27.5 Å². The molecule has 19 heavy (non-hydrogen) atoms. The molecule has 0 spiro atoms. The Labute approximate surface area is 120 Å². The summed E-state index contributed by atoms with van der Waals surface area (Å²) in [4.78, 5) is 11.9. The number of nitrogens with two attached hydrogens (primary N) is 1. The smallest absolute Gasteiger partial charge is 0.251 e. The Bertz CT molecular complexity index is 491. The van der Waals surface area contributed by atoms with Crippen LogP contribution in [-0.2, 0) is 9.47 Å². The van der Waals surface area contributed by atoms with Gasteiger partial charge in [-0.3, -0.25) is 4.79 Å². The standard InChI is InChI=1S/C13H17BrN2O3/c1-13(2)18-7-9(19-13)6-16-12(17)8-3-4-10(14)11(15)5-8/h3-5,9H,6-7,15H2,1-2H3,(H,16,17). The van der Waals surface area contributed by atoms with Crippen LogP contribution in [0.15, 0.2) is 22.7 Å². The van der Waals surface area contributed by atoms with Crippen LogP contribution in [-0.4, -0.2) is 30.9 Å². The van der Waals surface area contributed by atoms with Crippen molar-refractivity contribution in [2.24, 2.45) is 0 Å². The molecule has 1 aromatic carbocycles. The number of hydrogen-bond donors (Lipinski definition) is 2. The molecule has 1 heterocycles. The molecule has 2 rings (SSSR count). The quantitative estimate of drug-likeness (QED) is 0.831. The van der Waals surface area contributed by atoms with Crippen LogP contribution in [0.2, 0.25) is 0 Å². The lowest BCUT2D eigenvalue weighted by Gasteiger charge is -2.17. The van der Waals surface area contributed by atoms with Crippen LogP contribution in [0.3, 0.4) is 0 Å².